The number of rotatable bonds is 3. The van der Waals surface area contributed by atoms with Crippen molar-refractivity contribution >= 4 is 33.1 Å². The molecule has 0 saturated carbocycles. The van der Waals surface area contributed by atoms with E-state index in [4.69, 9.17) is 0 Å². The smallest absolute Gasteiger partial charge is 0.262 e. The maximum Gasteiger partial charge on any atom is 0.262 e. The lowest BCUT2D eigenvalue weighted by atomic mass is 10.1. The van der Waals surface area contributed by atoms with Gasteiger partial charge in [-0.05, 0) is 19.1 Å². The predicted molar refractivity (Wildman–Crippen MR) is 79.5 cm³/mol. The maximum absolute atomic E-state index is 12.2. The minimum atomic E-state index is -0.546. The van der Waals surface area contributed by atoms with Crippen molar-refractivity contribution in [3.05, 3.63) is 64.7 Å². The van der Waals surface area contributed by atoms with Gasteiger partial charge in [0.25, 0.3) is 5.78 Å². The Morgan fingerprint density at radius 2 is 1.65 bits per heavy atom. The fraction of sp³-hybridized carbons (Fsp3) is 0.0625. The Labute approximate surface area is 119 Å². The molecule has 98 valence electrons. The molecular formula is C16H11NO2S. The second-order valence-electron chi connectivity index (χ2n) is 4.51. The molecule has 0 radical (unpaired) electrons. The van der Waals surface area contributed by atoms with Crippen LogP contribution in [0.15, 0.2) is 48.5 Å². The quantitative estimate of drug-likeness (QED) is 0.543. The van der Waals surface area contributed by atoms with Crippen LogP contribution in [-0.2, 0) is 0 Å². The lowest BCUT2D eigenvalue weighted by Crippen LogP contribution is -2.14. The van der Waals surface area contributed by atoms with Gasteiger partial charge in [-0.3, -0.25) is 9.59 Å². The zero-order valence-corrected chi connectivity index (χ0v) is 11.6. The fourth-order valence-corrected chi connectivity index (χ4v) is 2.81. The molecule has 0 N–H and O–H groups in total. The average molecular weight is 281 g/mol. The largest absolute Gasteiger partial charge is 0.285 e. The molecule has 0 fully saturated rings. The van der Waals surface area contributed by atoms with Gasteiger partial charge in [0.15, 0.2) is 5.01 Å². The number of fused-ring (bicyclic) bond motifs is 1. The number of thiazole rings is 1. The Kier molecular flexibility index (Phi) is 3.16. The van der Waals surface area contributed by atoms with Gasteiger partial charge in [0.1, 0.15) is 0 Å². The summed E-state index contributed by atoms with van der Waals surface area (Å²) in [5.41, 5.74) is 2.20. The van der Waals surface area contributed by atoms with Gasteiger partial charge in [0, 0.05) is 5.56 Å². The van der Waals surface area contributed by atoms with Crippen LogP contribution in [0.1, 0.15) is 25.7 Å². The topological polar surface area (TPSA) is 47.0 Å². The van der Waals surface area contributed by atoms with Crippen molar-refractivity contribution in [3.63, 3.8) is 0 Å². The molecule has 3 nitrogen and oxygen atoms in total. The van der Waals surface area contributed by atoms with E-state index < -0.39 is 11.6 Å². The molecule has 0 aliphatic carbocycles. The Balaban J connectivity index is 1.95. The number of carbonyl (C=O) groups excluding carboxylic acids is 2. The number of ketones is 2. The highest BCUT2D eigenvalue weighted by Gasteiger charge is 2.21. The summed E-state index contributed by atoms with van der Waals surface area (Å²) in [4.78, 5) is 28.6. The highest BCUT2D eigenvalue weighted by atomic mass is 32.1. The standard InChI is InChI=1S/C16H11NO2S/c1-10-6-8-11(9-7-10)14(18)15(19)16-17-12-4-2-3-5-13(12)20-16/h2-9H,1H3. The van der Waals surface area contributed by atoms with E-state index in [9.17, 15) is 9.59 Å². The van der Waals surface area contributed by atoms with Crippen LogP contribution < -0.4 is 0 Å². The Morgan fingerprint density at radius 1 is 0.950 bits per heavy atom. The summed E-state index contributed by atoms with van der Waals surface area (Å²) in [6.45, 7) is 1.93. The van der Waals surface area contributed by atoms with Gasteiger partial charge in [0.05, 0.1) is 10.2 Å². The van der Waals surface area contributed by atoms with Crippen molar-refractivity contribution in [2.24, 2.45) is 0 Å². The number of nitrogens with zero attached hydrogens (tertiary/aromatic N) is 1. The highest BCUT2D eigenvalue weighted by Crippen LogP contribution is 2.22. The molecule has 0 aliphatic rings. The van der Waals surface area contributed by atoms with Crippen molar-refractivity contribution in [1.82, 2.24) is 4.98 Å². The first-order valence-corrected chi connectivity index (χ1v) is 6.98. The lowest BCUT2D eigenvalue weighted by molar-refractivity contribution is 0.0817. The van der Waals surface area contributed by atoms with Crippen LogP contribution in [-0.4, -0.2) is 16.6 Å². The van der Waals surface area contributed by atoms with Gasteiger partial charge in [-0.15, -0.1) is 11.3 Å². The maximum atomic E-state index is 12.2. The van der Waals surface area contributed by atoms with Crippen LogP contribution in [0.2, 0.25) is 0 Å². The summed E-state index contributed by atoms with van der Waals surface area (Å²) in [5, 5.41) is 0.247. The first-order chi connectivity index (χ1) is 9.65. The van der Waals surface area contributed by atoms with Gasteiger partial charge in [-0.1, -0.05) is 42.0 Å². The SMILES string of the molecule is Cc1ccc(C(=O)C(=O)c2nc3ccccc3s2)cc1. The second-order valence-corrected chi connectivity index (χ2v) is 5.54. The van der Waals surface area contributed by atoms with E-state index in [1.807, 2.05) is 43.3 Å². The molecule has 0 atom stereocenters. The van der Waals surface area contributed by atoms with E-state index in [0.717, 1.165) is 15.8 Å². The molecule has 0 amide bonds. The summed E-state index contributed by atoms with van der Waals surface area (Å²) in [7, 11) is 0. The first kappa shape index (κ1) is 12.7. The van der Waals surface area contributed by atoms with Crippen LogP contribution in [0.3, 0.4) is 0 Å². The van der Waals surface area contributed by atoms with Gasteiger partial charge in [-0.25, -0.2) is 4.98 Å². The summed E-state index contributed by atoms with van der Waals surface area (Å²) in [5.74, 6) is -1.06. The number of Topliss-reactive ketones (excluding diaryl/α,β-unsaturated/α-hetero) is 2. The predicted octanol–water partition coefficient (Wildman–Crippen LogP) is 3.67. The van der Waals surface area contributed by atoms with E-state index in [1.54, 1.807) is 12.1 Å². The number of aryl methyl sites for hydroxylation is 1. The van der Waals surface area contributed by atoms with E-state index >= 15 is 0 Å². The summed E-state index contributed by atoms with van der Waals surface area (Å²) in [6, 6.07) is 14.4. The average Bonchev–Trinajstić information content (AvgIpc) is 2.90. The molecular weight excluding hydrogens is 270 g/mol. The molecule has 0 spiro atoms. The zero-order valence-electron chi connectivity index (χ0n) is 10.8. The molecule has 0 aliphatic heterocycles. The monoisotopic (exact) mass is 281 g/mol. The van der Waals surface area contributed by atoms with Crippen LogP contribution >= 0.6 is 11.3 Å². The number of benzene rings is 2. The number of hydrogen-bond donors (Lipinski definition) is 0. The van der Waals surface area contributed by atoms with E-state index in [2.05, 4.69) is 4.98 Å². The van der Waals surface area contributed by atoms with Crippen LogP contribution in [0, 0.1) is 6.92 Å². The minimum absolute atomic E-state index is 0.247. The van der Waals surface area contributed by atoms with Crippen molar-refractivity contribution < 1.29 is 9.59 Å². The second kappa shape index (κ2) is 4.98. The third kappa shape index (κ3) is 2.26. The minimum Gasteiger partial charge on any atom is -0.285 e. The number of para-hydroxylation sites is 1. The number of carbonyl (C=O) groups is 2. The van der Waals surface area contributed by atoms with E-state index in [-0.39, 0.29) is 5.01 Å². The summed E-state index contributed by atoms with van der Waals surface area (Å²) < 4.78 is 0.910. The van der Waals surface area contributed by atoms with E-state index in [1.165, 1.54) is 11.3 Å². The Morgan fingerprint density at radius 3 is 2.35 bits per heavy atom. The lowest BCUT2D eigenvalue weighted by Gasteiger charge is -1.98. The summed E-state index contributed by atoms with van der Waals surface area (Å²) >= 11 is 1.25. The van der Waals surface area contributed by atoms with Gasteiger partial charge in [0.2, 0.25) is 5.78 Å². The Bertz CT molecular complexity index is 770. The third-order valence-electron chi connectivity index (χ3n) is 3.01. The highest BCUT2D eigenvalue weighted by molar-refractivity contribution is 7.21. The van der Waals surface area contributed by atoms with Crippen LogP contribution in [0.5, 0.6) is 0 Å². The molecule has 3 aromatic rings. The van der Waals surface area contributed by atoms with Gasteiger partial charge in [-0.2, -0.15) is 0 Å². The van der Waals surface area contributed by atoms with Crippen LogP contribution in [0.4, 0.5) is 0 Å². The van der Waals surface area contributed by atoms with Crippen molar-refractivity contribution in [3.8, 4) is 0 Å². The van der Waals surface area contributed by atoms with Gasteiger partial charge >= 0.3 is 0 Å². The van der Waals surface area contributed by atoms with E-state index in [0.29, 0.717) is 5.56 Å². The molecule has 1 aromatic heterocycles. The number of hydrogen-bond acceptors (Lipinski definition) is 4. The van der Waals surface area contributed by atoms with Crippen molar-refractivity contribution in [2.45, 2.75) is 6.92 Å². The number of aromatic nitrogens is 1. The zero-order chi connectivity index (χ0) is 14.1. The van der Waals surface area contributed by atoms with Crippen LogP contribution in [0.25, 0.3) is 10.2 Å². The molecule has 0 bridgehead atoms. The molecule has 0 saturated heterocycles. The third-order valence-corrected chi connectivity index (χ3v) is 4.04. The normalized spacial score (nSPS) is 10.7. The fourth-order valence-electron chi connectivity index (χ4n) is 1.90. The summed E-state index contributed by atoms with van der Waals surface area (Å²) in [6.07, 6.45) is 0. The molecule has 0 unspecified atom stereocenters. The molecule has 3 rings (SSSR count). The molecule has 1 heterocycles. The molecule has 2 aromatic carbocycles. The first-order valence-electron chi connectivity index (χ1n) is 6.16. The van der Waals surface area contributed by atoms with Gasteiger partial charge < -0.3 is 0 Å². The van der Waals surface area contributed by atoms with Crippen molar-refractivity contribution in [2.75, 3.05) is 0 Å². The van der Waals surface area contributed by atoms with Crippen molar-refractivity contribution in [1.29, 1.82) is 0 Å². The Hall–Kier alpha value is -2.33. The molecule has 4 heteroatoms. The molecule has 20 heavy (non-hydrogen) atoms.